The Morgan fingerprint density at radius 1 is 0.618 bits per heavy atom. The van der Waals surface area contributed by atoms with E-state index >= 15 is 0 Å². The molecule has 0 radical (unpaired) electrons. The highest BCUT2D eigenvalue weighted by Crippen LogP contribution is 2.11. The molecular formula is C24H44N2O8. The molecule has 0 amide bonds. The molecule has 0 aliphatic heterocycles. The van der Waals surface area contributed by atoms with Gasteiger partial charge >= 0.3 is 11.9 Å². The van der Waals surface area contributed by atoms with Gasteiger partial charge < -0.3 is 29.6 Å². The maximum atomic E-state index is 12.2. The second-order valence-electron chi connectivity index (χ2n) is 10.1. The van der Waals surface area contributed by atoms with Crippen molar-refractivity contribution < 1.29 is 38.1 Å². The molecule has 2 unspecified atom stereocenters. The van der Waals surface area contributed by atoms with Crippen LogP contribution in [-0.4, -0.2) is 86.3 Å². The van der Waals surface area contributed by atoms with Crippen LogP contribution in [0.4, 0.5) is 0 Å². The minimum Gasteiger partial charge on any atom is -0.459 e. The maximum absolute atomic E-state index is 12.2. The van der Waals surface area contributed by atoms with Gasteiger partial charge in [-0.15, -0.1) is 0 Å². The Morgan fingerprint density at radius 3 is 1.21 bits per heavy atom. The lowest BCUT2D eigenvalue weighted by Gasteiger charge is -2.24. The predicted octanol–water partition coefficient (Wildman–Crippen LogP) is 1.58. The van der Waals surface area contributed by atoms with Crippen LogP contribution in [0.3, 0.4) is 0 Å². The third kappa shape index (κ3) is 18.5. The van der Waals surface area contributed by atoms with Crippen LogP contribution >= 0.6 is 0 Å². The van der Waals surface area contributed by atoms with E-state index in [4.69, 9.17) is 18.9 Å². The number of carbonyl (C=O) groups is 4. The number of ether oxygens (including phenoxy) is 4. The third-order valence-corrected chi connectivity index (χ3v) is 4.01. The van der Waals surface area contributed by atoms with Crippen LogP contribution in [0.25, 0.3) is 0 Å². The molecule has 0 fully saturated rings. The SMILES string of the molecule is CC(=O)CC(NCCOCCOCCNC(CC(C)=O)C(=O)OC(C)(C)C)C(=O)OC(C)(C)C. The summed E-state index contributed by atoms with van der Waals surface area (Å²) >= 11 is 0. The maximum Gasteiger partial charge on any atom is 0.324 e. The summed E-state index contributed by atoms with van der Waals surface area (Å²) < 4.78 is 21.6. The zero-order valence-corrected chi connectivity index (χ0v) is 22.1. The molecule has 198 valence electrons. The predicted molar refractivity (Wildman–Crippen MR) is 128 cm³/mol. The monoisotopic (exact) mass is 488 g/mol. The number of nitrogens with one attached hydrogen (secondary N) is 2. The average Bonchev–Trinajstić information content (AvgIpc) is 2.64. The number of ketones is 2. The van der Waals surface area contributed by atoms with Crippen molar-refractivity contribution in [2.24, 2.45) is 0 Å². The molecule has 0 heterocycles. The molecule has 2 N–H and O–H groups in total. The van der Waals surface area contributed by atoms with Crippen molar-refractivity contribution in [2.45, 2.75) is 91.5 Å². The molecule has 0 aromatic rings. The van der Waals surface area contributed by atoms with E-state index in [9.17, 15) is 19.2 Å². The van der Waals surface area contributed by atoms with E-state index in [1.807, 2.05) is 0 Å². The smallest absolute Gasteiger partial charge is 0.324 e. The first kappa shape index (κ1) is 32.1. The van der Waals surface area contributed by atoms with Gasteiger partial charge in [0.15, 0.2) is 0 Å². The Kier molecular flexibility index (Phi) is 15.0. The standard InChI is InChI=1S/C24H44N2O8/c1-17(27)15-19(21(29)33-23(3,4)5)25-9-11-31-13-14-32-12-10-26-20(16-18(2)28)22(30)34-24(6,7)8/h19-20,25-26H,9-16H2,1-8H3. The Balaban J connectivity index is 4.12. The number of rotatable bonds is 17. The number of Topliss-reactive ketones (excluding diaryl/α,β-unsaturated/α-hetero) is 2. The summed E-state index contributed by atoms with van der Waals surface area (Å²) in [7, 11) is 0. The van der Waals surface area contributed by atoms with Crippen molar-refractivity contribution >= 4 is 23.5 Å². The second-order valence-corrected chi connectivity index (χ2v) is 10.1. The largest absolute Gasteiger partial charge is 0.459 e. The van der Waals surface area contributed by atoms with E-state index in [-0.39, 0.29) is 24.4 Å². The molecule has 0 aromatic heterocycles. The number of esters is 2. The minimum atomic E-state index is -0.712. The van der Waals surface area contributed by atoms with Crippen LogP contribution in [0, 0.1) is 0 Å². The molecule has 0 aromatic carbocycles. The molecule has 0 saturated heterocycles. The molecule has 0 aliphatic carbocycles. The first-order valence-electron chi connectivity index (χ1n) is 11.7. The third-order valence-electron chi connectivity index (χ3n) is 4.01. The van der Waals surface area contributed by atoms with Crippen LogP contribution in [0.15, 0.2) is 0 Å². The Bertz CT molecular complexity index is 596. The topological polar surface area (TPSA) is 129 Å². The van der Waals surface area contributed by atoms with E-state index in [1.165, 1.54) is 13.8 Å². The normalized spacial score (nSPS) is 13.8. The van der Waals surface area contributed by atoms with Crippen molar-refractivity contribution in [3.05, 3.63) is 0 Å². The zero-order chi connectivity index (χ0) is 26.4. The first-order valence-corrected chi connectivity index (χ1v) is 11.7. The summed E-state index contributed by atoms with van der Waals surface area (Å²) in [4.78, 5) is 47.3. The molecule has 0 saturated carbocycles. The summed E-state index contributed by atoms with van der Waals surface area (Å²) in [5, 5.41) is 5.99. The Labute approximate surface area is 203 Å². The fourth-order valence-electron chi connectivity index (χ4n) is 2.73. The fraction of sp³-hybridized carbons (Fsp3) is 0.833. The van der Waals surface area contributed by atoms with E-state index < -0.39 is 35.2 Å². The van der Waals surface area contributed by atoms with Gasteiger partial charge in [0, 0.05) is 25.9 Å². The van der Waals surface area contributed by atoms with Gasteiger partial charge in [0.2, 0.25) is 0 Å². The molecule has 0 spiro atoms. The zero-order valence-electron chi connectivity index (χ0n) is 22.1. The van der Waals surface area contributed by atoms with Crippen LogP contribution in [-0.2, 0) is 38.1 Å². The number of hydrogen-bond acceptors (Lipinski definition) is 10. The van der Waals surface area contributed by atoms with E-state index in [1.54, 1.807) is 41.5 Å². The van der Waals surface area contributed by atoms with Crippen molar-refractivity contribution in [1.29, 1.82) is 0 Å². The lowest BCUT2D eigenvalue weighted by atomic mass is 10.1. The lowest BCUT2D eigenvalue weighted by molar-refractivity contribution is -0.159. The second kappa shape index (κ2) is 15.9. The minimum absolute atomic E-state index is 0.0545. The first-order chi connectivity index (χ1) is 15.6. The van der Waals surface area contributed by atoms with E-state index in [0.717, 1.165) is 0 Å². The summed E-state index contributed by atoms with van der Waals surface area (Å²) in [6.07, 6.45) is 0.109. The summed E-state index contributed by atoms with van der Waals surface area (Å²) in [6.45, 7) is 15.6. The van der Waals surface area contributed by atoms with Gasteiger partial charge in [-0.1, -0.05) is 0 Å². The molecule has 0 aliphatic rings. The van der Waals surface area contributed by atoms with Gasteiger partial charge in [-0.2, -0.15) is 0 Å². The molecular weight excluding hydrogens is 444 g/mol. The molecule has 0 bridgehead atoms. The van der Waals surface area contributed by atoms with E-state index in [2.05, 4.69) is 10.6 Å². The summed E-state index contributed by atoms with van der Waals surface area (Å²) in [5.41, 5.74) is -1.26. The highest BCUT2D eigenvalue weighted by Gasteiger charge is 2.26. The van der Waals surface area contributed by atoms with Gasteiger partial charge in [0.25, 0.3) is 0 Å². The quantitative estimate of drug-likeness (QED) is 0.230. The average molecular weight is 489 g/mol. The van der Waals surface area contributed by atoms with Gasteiger partial charge in [0.05, 0.1) is 26.4 Å². The van der Waals surface area contributed by atoms with Crippen LogP contribution in [0.5, 0.6) is 0 Å². The van der Waals surface area contributed by atoms with Crippen molar-refractivity contribution in [2.75, 3.05) is 39.5 Å². The van der Waals surface area contributed by atoms with Gasteiger partial charge in [0.1, 0.15) is 34.9 Å². The number of hydrogen-bond donors (Lipinski definition) is 2. The van der Waals surface area contributed by atoms with Crippen LogP contribution in [0.1, 0.15) is 68.2 Å². The van der Waals surface area contributed by atoms with Crippen molar-refractivity contribution in [3.8, 4) is 0 Å². The highest BCUT2D eigenvalue weighted by molar-refractivity contribution is 5.85. The lowest BCUT2D eigenvalue weighted by Crippen LogP contribution is -2.43. The fourth-order valence-corrected chi connectivity index (χ4v) is 2.73. The van der Waals surface area contributed by atoms with Gasteiger partial charge in [-0.05, 0) is 55.4 Å². The molecule has 2 atom stereocenters. The Hall–Kier alpha value is -1.88. The molecule has 34 heavy (non-hydrogen) atoms. The van der Waals surface area contributed by atoms with Gasteiger partial charge in [-0.25, -0.2) is 0 Å². The molecule has 0 rings (SSSR count). The van der Waals surface area contributed by atoms with Crippen LogP contribution < -0.4 is 10.6 Å². The Morgan fingerprint density at radius 2 is 0.941 bits per heavy atom. The van der Waals surface area contributed by atoms with Crippen molar-refractivity contribution in [1.82, 2.24) is 10.6 Å². The van der Waals surface area contributed by atoms with Gasteiger partial charge in [-0.3, -0.25) is 19.2 Å². The summed E-state index contributed by atoms with van der Waals surface area (Å²) in [6, 6.07) is -1.42. The summed E-state index contributed by atoms with van der Waals surface area (Å²) in [5.74, 6) is -1.15. The van der Waals surface area contributed by atoms with E-state index in [0.29, 0.717) is 39.5 Å². The number of carbonyl (C=O) groups excluding carboxylic acids is 4. The molecule has 10 heteroatoms. The highest BCUT2D eigenvalue weighted by atomic mass is 16.6. The van der Waals surface area contributed by atoms with Crippen LogP contribution in [0.2, 0.25) is 0 Å². The molecule has 10 nitrogen and oxygen atoms in total. The van der Waals surface area contributed by atoms with Crippen molar-refractivity contribution in [3.63, 3.8) is 0 Å².